The summed E-state index contributed by atoms with van der Waals surface area (Å²) in [7, 11) is -3.34. The van der Waals surface area contributed by atoms with E-state index in [1.807, 2.05) is 36.5 Å². The van der Waals surface area contributed by atoms with Crippen LogP contribution in [0.1, 0.15) is 52.9 Å². The molecule has 0 saturated carbocycles. The van der Waals surface area contributed by atoms with Crippen LogP contribution in [0.5, 0.6) is 5.75 Å². The van der Waals surface area contributed by atoms with E-state index in [1.165, 1.54) is 11.8 Å². The zero-order valence-electron chi connectivity index (χ0n) is 20.7. The number of sulfone groups is 1. The van der Waals surface area contributed by atoms with Crippen molar-refractivity contribution in [1.82, 2.24) is 14.9 Å². The predicted octanol–water partition coefficient (Wildman–Crippen LogP) is 5.35. The molecule has 8 heteroatoms. The van der Waals surface area contributed by atoms with E-state index in [1.54, 1.807) is 23.3 Å². The van der Waals surface area contributed by atoms with Crippen molar-refractivity contribution in [3.8, 4) is 5.75 Å². The molecular formula is C27H34N4O3S. The maximum atomic E-state index is 12.5. The number of hydrogen-bond donors (Lipinski definition) is 0. The van der Waals surface area contributed by atoms with Crippen LogP contribution in [0.3, 0.4) is 0 Å². The van der Waals surface area contributed by atoms with E-state index in [2.05, 4.69) is 30.7 Å². The molecule has 1 atom stereocenters. The number of allylic oxidation sites excluding steroid dienone is 2. The van der Waals surface area contributed by atoms with Crippen molar-refractivity contribution in [3.05, 3.63) is 77.8 Å². The first kappa shape index (κ1) is 25.0. The van der Waals surface area contributed by atoms with E-state index in [-0.39, 0.29) is 16.9 Å². The lowest BCUT2D eigenvalue weighted by Gasteiger charge is -2.32. The van der Waals surface area contributed by atoms with Crippen LogP contribution in [-0.4, -0.2) is 47.7 Å². The Morgan fingerprint density at radius 3 is 2.49 bits per heavy atom. The highest BCUT2D eigenvalue weighted by molar-refractivity contribution is 7.91. The number of pyridine rings is 1. The molecule has 0 saturated heterocycles. The van der Waals surface area contributed by atoms with Crippen LogP contribution >= 0.6 is 0 Å². The molecule has 0 fully saturated rings. The number of fused-ring (bicyclic) bond motifs is 1. The largest absolute Gasteiger partial charge is 0.374 e. The second kappa shape index (κ2) is 11.1. The van der Waals surface area contributed by atoms with Gasteiger partial charge in [-0.15, -0.1) is 0 Å². The van der Waals surface area contributed by atoms with Crippen LogP contribution in [-0.2, 0) is 9.84 Å². The zero-order valence-corrected chi connectivity index (χ0v) is 21.5. The maximum absolute atomic E-state index is 12.5. The van der Waals surface area contributed by atoms with E-state index in [4.69, 9.17) is 9.83 Å². The third-order valence-corrected chi connectivity index (χ3v) is 8.06. The molecule has 1 aromatic carbocycles. The van der Waals surface area contributed by atoms with Gasteiger partial charge in [0.15, 0.2) is 26.4 Å². The summed E-state index contributed by atoms with van der Waals surface area (Å²) >= 11 is 0. The van der Waals surface area contributed by atoms with Gasteiger partial charge in [-0.1, -0.05) is 44.0 Å². The van der Waals surface area contributed by atoms with Crippen LogP contribution in [0.4, 0.5) is 0 Å². The average Bonchev–Trinajstić information content (AvgIpc) is 3.22. The Bertz CT molecular complexity index is 1210. The molecule has 0 amide bonds. The molecular weight excluding hydrogens is 460 g/mol. The summed E-state index contributed by atoms with van der Waals surface area (Å²) in [6.07, 6.45) is 7.87. The topological polar surface area (TPSA) is 75.1 Å². The SMILES string of the molecule is CCCC1N=C2C(=C(C)C(C)=CN2Oc2ccccc2)N1CCCCCS(=O)(=O)c1ccccn1. The molecule has 0 N–H and O–H groups in total. The lowest BCUT2D eigenvalue weighted by Crippen LogP contribution is -2.38. The van der Waals surface area contributed by atoms with Gasteiger partial charge >= 0.3 is 0 Å². The second-order valence-electron chi connectivity index (χ2n) is 8.98. The smallest absolute Gasteiger partial charge is 0.195 e. The number of para-hydroxylation sites is 1. The molecule has 35 heavy (non-hydrogen) atoms. The summed E-state index contributed by atoms with van der Waals surface area (Å²) in [6, 6.07) is 14.7. The van der Waals surface area contributed by atoms with Gasteiger partial charge in [0, 0.05) is 18.9 Å². The van der Waals surface area contributed by atoms with Crippen LogP contribution in [0.15, 0.2) is 87.8 Å². The quantitative estimate of drug-likeness (QED) is 0.392. The number of amidine groups is 1. The monoisotopic (exact) mass is 494 g/mol. The molecule has 0 aliphatic carbocycles. The molecule has 0 bridgehead atoms. The van der Waals surface area contributed by atoms with Crippen molar-refractivity contribution in [2.45, 2.75) is 64.1 Å². The van der Waals surface area contributed by atoms with Crippen molar-refractivity contribution < 1.29 is 13.3 Å². The first-order chi connectivity index (χ1) is 16.9. The van der Waals surface area contributed by atoms with Gasteiger partial charge in [-0.2, -0.15) is 5.06 Å². The molecule has 1 unspecified atom stereocenters. The molecule has 3 heterocycles. The van der Waals surface area contributed by atoms with Gasteiger partial charge in [-0.3, -0.25) is 0 Å². The number of aromatic nitrogens is 1. The summed E-state index contributed by atoms with van der Waals surface area (Å²) in [6.45, 7) is 7.22. The minimum Gasteiger partial charge on any atom is -0.374 e. The van der Waals surface area contributed by atoms with Crippen LogP contribution in [0, 0.1) is 0 Å². The van der Waals surface area contributed by atoms with E-state index in [9.17, 15) is 8.42 Å². The highest BCUT2D eigenvalue weighted by Crippen LogP contribution is 2.35. The Labute approximate surface area is 208 Å². The van der Waals surface area contributed by atoms with Crippen LogP contribution < -0.4 is 4.84 Å². The summed E-state index contributed by atoms with van der Waals surface area (Å²) in [5.74, 6) is 1.72. The van der Waals surface area contributed by atoms with Gasteiger partial charge < -0.3 is 9.74 Å². The standard InChI is InChI=1S/C27H34N4O3S/c1-4-13-24-29-27-26(22(3)21(2)20-31(27)34-23-14-7-5-8-15-23)30(24)18-11-6-12-19-35(32,33)25-16-9-10-17-28-25/h5,7-10,14-17,20,24H,4,6,11-13,18-19H2,1-3H3. The van der Waals surface area contributed by atoms with Gasteiger partial charge in [-0.25, -0.2) is 18.4 Å². The Hall–Kier alpha value is -3.13. The van der Waals surface area contributed by atoms with Gasteiger partial charge in [0.25, 0.3) is 0 Å². The normalized spacial score (nSPS) is 17.9. The molecule has 2 aliphatic heterocycles. The molecule has 0 spiro atoms. The molecule has 7 nitrogen and oxygen atoms in total. The number of aliphatic imine (C=N–C) groups is 1. The molecule has 2 aromatic rings. The molecule has 186 valence electrons. The first-order valence-corrected chi connectivity index (χ1v) is 14.0. The van der Waals surface area contributed by atoms with Gasteiger partial charge in [0.2, 0.25) is 0 Å². The highest BCUT2D eigenvalue weighted by atomic mass is 32.2. The lowest BCUT2D eigenvalue weighted by atomic mass is 10.0. The van der Waals surface area contributed by atoms with E-state index < -0.39 is 9.84 Å². The molecule has 1 aromatic heterocycles. The number of rotatable bonds is 11. The Balaban J connectivity index is 1.42. The Kier molecular flexibility index (Phi) is 7.90. The van der Waals surface area contributed by atoms with Crippen molar-refractivity contribution in [3.63, 3.8) is 0 Å². The van der Waals surface area contributed by atoms with Crippen molar-refractivity contribution in [1.29, 1.82) is 0 Å². The third-order valence-electron chi connectivity index (χ3n) is 6.36. The second-order valence-corrected chi connectivity index (χ2v) is 11.0. The summed E-state index contributed by atoms with van der Waals surface area (Å²) in [5, 5.41) is 1.94. The predicted molar refractivity (Wildman–Crippen MR) is 138 cm³/mol. The number of benzene rings is 1. The van der Waals surface area contributed by atoms with E-state index in [0.29, 0.717) is 6.42 Å². The maximum Gasteiger partial charge on any atom is 0.195 e. The molecule has 4 rings (SSSR count). The van der Waals surface area contributed by atoms with Crippen molar-refractivity contribution in [2.75, 3.05) is 12.3 Å². The fraction of sp³-hybridized carbons (Fsp3) is 0.407. The molecule has 0 radical (unpaired) electrons. The highest BCUT2D eigenvalue weighted by Gasteiger charge is 2.37. The lowest BCUT2D eigenvalue weighted by molar-refractivity contribution is 0.0698. The van der Waals surface area contributed by atoms with E-state index >= 15 is 0 Å². The fourth-order valence-corrected chi connectivity index (χ4v) is 5.71. The van der Waals surface area contributed by atoms with Gasteiger partial charge in [-0.05, 0) is 68.5 Å². The summed E-state index contributed by atoms with van der Waals surface area (Å²) < 4.78 is 25.0. The minimum atomic E-state index is -3.34. The number of nitrogens with zero attached hydrogens (tertiary/aromatic N) is 4. The Morgan fingerprint density at radius 1 is 1.00 bits per heavy atom. The van der Waals surface area contributed by atoms with Crippen molar-refractivity contribution in [2.24, 2.45) is 4.99 Å². The van der Waals surface area contributed by atoms with E-state index in [0.717, 1.165) is 55.1 Å². The number of hydrogen-bond acceptors (Lipinski definition) is 7. The summed E-state index contributed by atoms with van der Waals surface area (Å²) in [4.78, 5) is 17.6. The van der Waals surface area contributed by atoms with Gasteiger partial charge in [0.05, 0.1) is 11.4 Å². The minimum absolute atomic E-state index is 0.0541. The number of unbranched alkanes of at least 4 members (excludes halogenated alkanes) is 2. The van der Waals surface area contributed by atoms with Crippen LogP contribution in [0.2, 0.25) is 0 Å². The summed E-state index contributed by atoms with van der Waals surface area (Å²) in [5.41, 5.74) is 3.45. The fourth-order valence-electron chi connectivity index (χ4n) is 4.41. The Morgan fingerprint density at radius 2 is 1.77 bits per heavy atom. The zero-order chi connectivity index (χ0) is 24.8. The van der Waals surface area contributed by atoms with Crippen molar-refractivity contribution >= 4 is 15.7 Å². The average molecular weight is 495 g/mol. The first-order valence-electron chi connectivity index (χ1n) is 12.3. The number of hydroxylamine groups is 2. The van der Waals surface area contributed by atoms with Gasteiger partial charge in [0.1, 0.15) is 6.17 Å². The van der Waals surface area contributed by atoms with Crippen LogP contribution in [0.25, 0.3) is 0 Å². The third kappa shape index (κ3) is 5.75. The molecule has 2 aliphatic rings.